The Morgan fingerprint density at radius 2 is 1.38 bits per heavy atom. The van der Waals surface area contributed by atoms with Crippen LogP contribution in [0.5, 0.6) is 0 Å². The summed E-state index contributed by atoms with van der Waals surface area (Å²) in [5.41, 5.74) is 5.67. The fraction of sp³-hybridized carbons (Fsp3) is 0.120. The van der Waals surface area contributed by atoms with Crippen molar-refractivity contribution < 1.29 is 4.42 Å². The van der Waals surface area contributed by atoms with E-state index in [0.717, 1.165) is 11.2 Å². The fourth-order valence-electron chi connectivity index (χ4n) is 3.80. The van der Waals surface area contributed by atoms with Crippen molar-refractivity contribution in [2.45, 2.75) is 19.8 Å². The number of fused-ring (bicyclic) bond motifs is 4. The highest BCUT2D eigenvalue weighted by Crippen LogP contribution is 2.35. The summed E-state index contributed by atoms with van der Waals surface area (Å²) in [7, 11) is 0. The topological polar surface area (TPSA) is 13.1 Å². The number of hydrogen-bond donors (Lipinski definition) is 0. The van der Waals surface area contributed by atoms with Crippen molar-refractivity contribution in [3.8, 4) is 11.1 Å². The summed E-state index contributed by atoms with van der Waals surface area (Å²) < 4.78 is 6.22. The van der Waals surface area contributed by atoms with Crippen LogP contribution in [-0.4, -0.2) is 0 Å². The molecule has 0 unspecified atom stereocenters. The van der Waals surface area contributed by atoms with Gasteiger partial charge in [-0.05, 0) is 51.6 Å². The molecule has 0 saturated carbocycles. The highest BCUT2D eigenvalue weighted by molar-refractivity contribution is 6.07. The van der Waals surface area contributed by atoms with E-state index in [2.05, 4.69) is 92.7 Å². The summed E-state index contributed by atoms with van der Waals surface area (Å²) in [5, 5.41) is 4.90. The molecule has 1 heterocycles. The molecule has 5 rings (SSSR count). The molecular formula is C25H20O. The van der Waals surface area contributed by atoms with Crippen LogP contribution in [0.1, 0.15) is 25.3 Å². The Morgan fingerprint density at radius 3 is 2.23 bits per heavy atom. The predicted molar refractivity (Wildman–Crippen MR) is 111 cm³/mol. The van der Waals surface area contributed by atoms with Crippen LogP contribution in [0.4, 0.5) is 0 Å². The molecule has 1 aromatic heterocycles. The highest BCUT2D eigenvalue weighted by atomic mass is 16.3. The summed E-state index contributed by atoms with van der Waals surface area (Å²) in [5.74, 6) is 0.499. The molecule has 0 amide bonds. The van der Waals surface area contributed by atoms with Gasteiger partial charge in [-0.2, -0.15) is 0 Å². The van der Waals surface area contributed by atoms with E-state index in [1.807, 2.05) is 0 Å². The number of furan rings is 1. The zero-order valence-electron chi connectivity index (χ0n) is 15.0. The quantitative estimate of drug-likeness (QED) is 0.325. The lowest BCUT2D eigenvalue weighted by Crippen LogP contribution is -1.85. The molecular weight excluding hydrogens is 316 g/mol. The zero-order valence-corrected chi connectivity index (χ0v) is 15.0. The van der Waals surface area contributed by atoms with E-state index in [0.29, 0.717) is 5.92 Å². The van der Waals surface area contributed by atoms with Crippen molar-refractivity contribution in [1.29, 1.82) is 0 Å². The molecule has 0 N–H and O–H groups in total. The summed E-state index contributed by atoms with van der Waals surface area (Å²) in [6.07, 6.45) is 0. The Bertz CT molecular complexity index is 1250. The van der Waals surface area contributed by atoms with Crippen molar-refractivity contribution in [3.63, 3.8) is 0 Å². The number of hydrogen-bond acceptors (Lipinski definition) is 1. The minimum Gasteiger partial charge on any atom is -0.456 e. The van der Waals surface area contributed by atoms with Gasteiger partial charge in [0, 0.05) is 10.8 Å². The lowest BCUT2D eigenvalue weighted by atomic mass is 9.97. The Morgan fingerprint density at radius 1 is 0.654 bits per heavy atom. The molecule has 1 nitrogen and oxygen atoms in total. The van der Waals surface area contributed by atoms with Crippen LogP contribution in [-0.2, 0) is 0 Å². The third kappa shape index (κ3) is 2.32. The predicted octanol–water partition coefficient (Wildman–Crippen LogP) is 7.53. The largest absolute Gasteiger partial charge is 0.456 e. The Hall–Kier alpha value is -3.06. The monoisotopic (exact) mass is 336 g/mol. The second kappa shape index (κ2) is 5.74. The molecule has 1 heteroatoms. The van der Waals surface area contributed by atoms with Gasteiger partial charge in [0.25, 0.3) is 0 Å². The average molecular weight is 336 g/mol. The third-order valence-corrected chi connectivity index (χ3v) is 5.26. The first-order chi connectivity index (χ1) is 12.7. The second-order valence-electron chi connectivity index (χ2n) is 7.25. The average Bonchev–Trinajstić information content (AvgIpc) is 3.04. The van der Waals surface area contributed by atoms with E-state index in [9.17, 15) is 0 Å². The van der Waals surface area contributed by atoms with Crippen LogP contribution in [0.15, 0.2) is 83.3 Å². The molecule has 0 aliphatic carbocycles. The lowest BCUT2D eigenvalue weighted by Gasteiger charge is -2.06. The van der Waals surface area contributed by atoms with Gasteiger partial charge in [-0.3, -0.25) is 0 Å². The Kier molecular flexibility index (Phi) is 3.36. The van der Waals surface area contributed by atoms with Crippen LogP contribution in [0.3, 0.4) is 0 Å². The summed E-state index contributed by atoms with van der Waals surface area (Å²) in [4.78, 5) is 0. The van der Waals surface area contributed by atoms with E-state index in [-0.39, 0.29) is 0 Å². The molecule has 126 valence electrons. The number of benzene rings is 4. The Balaban J connectivity index is 1.73. The maximum Gasteiger partial charge on any atom is 0.136 e. The van der Waals surface area contributed by atoms with Crippen molar-refractivity contribution in [1.82, 2.24) is 0 Å². The molecule has 0 fully saturated rings. The third-order valence-electron chi connectivity index (χ3n) is 5.26. The first-order valence-electron chi connectivity index (χ1n) is 9.15. The van der Waals surface area contributed by atoms with Crippen LogP contribution >= 0.6 is 0 Å². The highest BCUT2D eigenvalue weighted by Gasteiger charge is 2.11. The molecule has 0 spiro atoms. The van der Waals surface area contributed by atoms with Gasteiger partial charge >= 0.3 is 0 Å². The minimum absolute atomic E-state index is 0.499. The van der Waals surface area contributed by atoms with Crippen molar-refractivity contribution in [2.24, 2.45) is 0 Å². The molecule has 0 aliphatic rings. The molecule has 5 aromatic rings. The van der Waals surface area contributed by atoms with Crippen LogP contribution in [0.2, 0.25) is 0 Å². The smallest absolute Gasteiger partial charge is 0.136 e. The van der Waals surface area contributed by atoms with E-state index in [4.69, 9.17) is 4.42 Å². The van der Waals surface area contributed by atoms with Crippen molar-refractivity contribution >= 4 is 32.7 Å². The standard InChI is InChI=1S/C25H20O/c1-16(2)18-10-12-22-23-13-11-19(15-25(23)26-24(22)14-18)21-9-5-7-17-6-3-4-8-20(17)21/h3-16H,1-2H3. The normalized spacial score (nSPS) is 11.8. The number of rotatable bonds is 2. The molecule has 0 atom stereocenters. The second-order valence-corrected chi connectivity index (χ2v) is 7.25. The van der Waals surface area contributed by atoms with Gasteiger partial charge in [0.1, 0.15) is 11.2 Å². The van der Waals surface area contributed by atoms with Crippen LogP contribution in [0.25, 0.3) is 43.8 Å². The fourth-order valence-corrected chi connectivity index (χ4v) is 3.80. The van der Waals surface area contributed by atoms with Gasteiger partial charge in [0.15, 0.2) is 0 Å². The zero-order chi connectivity index (χ0) is 17.7. The molecule has 4 aromatic carbocycles. The summed E-state index contributed by atoms with van der Waals surface area (Å²) in [6, 6.07) is 28.1. The summed E-state index contributed by atoms with van der Waals surface area (Å²) >= 11 is 0. The van der Waals surface area contributed by atoms with E-state index in [1.54, 1.807) is 0 Å². The first kappa shape index (κ1) is 15.2. The van der Waals surface area contributed by atoms with E-state index >= 15 is 0 Å². The van der Waals surface area contributed by atoms with Gasteiger partial charge in [0.05, 0.1) is 0 Å². The SMILES string of the molecule is CC(C)c1ccc2c(c1)oc1cc(-c3cccc4ccccc34)ccc12. The lowest BCUT2D eigenvalue weighted by molar-refractivity contribution is 0.667. The van der Waals surface area contributed by atoms with E-state index < -0.39 is 0 Å². The van der Waals surface area contributed by atoms with Gasteiger partial charge in [0.2, 0.25) is 0 Å². The molecule has 26 heavy (non-hydrogen) atoms. The molecule has 0 bridgehead atoms. The van der Waals surface area contributed by atoms with Crippen LogP contribution < -0.4 is 0 Å². The molecule has 0 radical (unpaired) electrons. The Labute approximate surface area is 152 Å². The van der Waals surface area contributed by atoms with E-state index in [1.165, 1.54) is 38.2 Å². The minimum atomic E-state index is 0.499. The maximum absolute atomic E-state index is 6.22. The van der Waals surface area contributed by atoms with Gasteiger partial charge < -0.3 is 4.42 Å². The summed E-state index contributed by atoms with van der Waals surface area (Å²) in [6.45, 7) is 4.42. The maximum atomic E-state index is 6.22. The van der Waals surface area contributed by atoms with Gasteiger partial charge in [-0.15, -0.1) is 0 Å². The van der Waals surface area contributed by atoms with Crippen LogP contribution in [0, 0.1) is 0 Å². The first-order valence-corrected chi connectivity index (χ1v) is 9.15. The van der Waals surface area contributed by atoms with Crippen molar-refractivity contribution in [2.75, 3.05) is 0 Å². The van der Waals surface area contributed by atoms with Crippen molar-refractivity contribution in [3.05, 3.63) is 84.4 Å². The van der Waals surface area contributed by atoms with Gasteiger partial charge in [-0.1, -0.05) is 74.5 Å². The molecule has 0 aliphatic heterocycles. The molecule has 0 saturated heterocycles. The van der Waals surface area contributed by atoms with Gasteiger partial charge in [-0.25, -0.2) is 0 Å².